The summed E-state index contributed by atoms with van der Waals surface area (Å²) in [7, 11) is 1.58. The number of methoxy groups -OCH3 is 1. The normalized spacial score (nSPS) is 13.6. The Bertz CT molecular complexity index is 384. The fourth-order valence-electron chi connectivity index (χ4n) is 1.51. The minimum Gasteiger partial charge on any atom is -0.497 e. The van der Waals surface area contributed by atoms with Crippen LogP contribution in [-0.4, -0.2) is 24.2 Å². The van der Waals surface area contributed by atoms with E-state index >= 15 is 0 Å². The number of nitrogens with one attached hydrogen (secondary N) is 1. The van der Waals surface area contributed by atoms with E-state index in [1.807, 2.05) is 0 Å². The van der Waals surface area contributed by atoms with Gasteiger partial charge in [-0.2, -0.15) is 0 Å². The maximum absolute atomic E-state index is 11.3. The fourth-order valence-corrected chi connectivity index (χ4v) is 1.51. The molecule has 0 aliphatic heterocycles. The molecule has 2 unspecified atom stereocenters. The Labute approximate surface area is 101 Å². The number of aliphatic hydroxyl groups is 1. The number of ether oxygens (including phenoxy) is 1. The van der Waals surface area contributed by atoms with Crippen molar-refractivity contribution in [2.75, 3.05) is 7.11 Å². The van der Waals surface area contributed by atoms with Crippen LogP contribution < -0.4 is 10.1 Å². The summed E-state index contributed by atoms with van der Waals surface area (Å²) in [6.45, 7) is 5.00. The molecule has 2 N–H and O–H groups in total. The molecule has 1 aromatic rings. The molecule has 17 heavy (non-hydrogen) atoms. The SMILES string of the molecule is C=CC(=O)NC(c1ccc(OC)cc1)C(C)O. The van der Waals surface area contributed by atoms with Crippen molar-refractivity contribution in [2.45, 2.75) is 19.1 Å². The number of hydrogen-bond acceptors (Lipinski definition) is 3. The van der Waals surface area contributed by atoms with Crippen LogP contribution in [0, 0.1) is 0 Å². The number of rotatable bonds is 5. The number of carbonyl (C=O) groups is 1. The second kappa shape index (κ2) is 6.06. The maximum Gasteiger partial charge on any atom is 0.243 e. The van der Waals surface area contributed by atoms with E-state index in [2.05, 4.69) is 11.9 Å². The number of amides is 1. The molecule has 2 atom stereocenters. The first-order valence-corrected chi connectivity index (χ1v) is 5.33. The Morgan fingerprint density at radius 3 is 2.47 bits per heavy atom. The molecule has 1 rings (SSSR count). The number of hydrogen-bond donors (Lipinski definition) is 2. The molecule has 0 bridgehead atoms. The van der Waals surface area contributed by atoms with Crippen LogP contribution in [0.25, 0.3) is 0 Å². The molecule has 1 amide bonds. The van der Waals surface area contributed by atoms with Gasteiger partial charge >= 0.3 is 0 Å². The lowest BCUT2D eigenvalue weighted by Crippen LogP contribution is -2.33. The predicted octanol–water partition coefficient (Wildman–Crippen LogP) is 1.42. The molecule has 0 heterocycles. The molecule has 4 heteroatoms. The van der Waals surface area contributed by atoms with Crippen LogP contribution in [0.5, 0.6) is 5.75 Å². The summed E-state index contributed by atoms with van der Waals surface area (Å²) >= 11 is 0. The van der Waals surface area contributed by atoms with Gasteiger partial charge in [0.2, 0.25) is 5.91 Å². The van der Waals surface area contributed by atoms with E-state index < -0.39 is 12.1 Å². The largest absolute Gasteiger partial charge is 0.497 e. The van der Waals surface area contributed by atoms with E-state index in [4.69, 9.17) is 4.74 Å². The Morgan fingerprint density at radius 2 is 2.06 bits per heavy atom. The first kappa shape index (κ1) is 13.3. The molecule has 92 valence electrons. The third-order valence-electron chi connectivity index (χ3n) is 2.44. The van der Waals surface area contributed by atoms with Gasteiger partial charge in [-0.05, 0) is 30.7 Å². The third-order valence-corrected chi connectivity index (χ3v) is 2.44. The second-order valence-electron chi connectivity index (χ2n) is 3.70. The molecular weight excluding hydrogens is 218 g/mol. The topological polar surface area (TPSA) is 58.6 Å². The first-order chi connectivity index (χ1) is 8.08. The van der Waals surface area contributed by atoms with E-state index in [1.54, 1.807) is 38.3 Å². The van der Waals surface area contributed by atoms with Gasteiger partial charge in [-0.15, -0.1) is 0 Å². The number of benzene rings is 1. The van der Waals surface area contributed by atoms with Crippen molar-refractivity contribution in [1.82, 2.24) is 5.32 Å². The van der Waals surface area contributed by atoms with E-state index in [1.165, 1.54) is 6.08 Å². The maximum atomic E-state index is 11.3. The fraction of sp³-hybridized carbons (Fsp3) is 0.308. The second-order valence-corrected chi connectivity index (χ2v) is 3.70. The molecule has 0 saturated heterocycles. The van der Waals surface area contributed by atoms with Gasteiger partial charge < -0.3 is 15.2 Å². The van der Waals surface area contributed by atoms with Crippen LogP contribution >= 0.6 is 0 Å². The lowest BCUT2D eigenvalue weighted by atomic mass is 10.0. The highest BCUT2D eigenvalue weighted by molar-refractivity contribution is 5.87. The zero-order chi connectivity index (χ0) is 12.8. The molecular formula is C13H17NO3. The lowest BCUT2D eigenvalue weighted by molar-refractivity contribution is -0.118. The molecule has 0 aliphatic carbocycles. The molecule has 0 aromatic heterocycles. The van der Waals surface area contributed by atoms with E-state index in [9.17, 15) is 9.90 Å². The Morgan fingerprint density at radius 1 is 1.47 bits per heavy atom. The summed E-state index contributed by atoms with van der Waals surface area (Å²) < 4.78 is 5.05. The molecule has 0 fully saturated rings. The van der Waals surface area contributed by atoms with Gasteiger partial charge in [-0.3, -0.25) is 4.79 Å². The molecule has 1 aromatic carbocycles. The quantitative estimate of drug-likeness (QED) is 0.759. The van der Waals surface area contributed by atoms with Crippen molar-refractivity contribution in [3.05, 3.63) is 42.5 Å². The standard InChI is InChI=1S/C13H17NO3/c1-4-12(16)14-13(9(2)15)10-5-7-11(17-3)8-6-10/h4-9,13,15H,1H2,2-3H3,(H,14,16). The van der Waals surface area contributed by atoms with Crippen molar-refractivity contribution in [3.63, 3.8) is 0 Å². The van der Waals surface area contributed by atoms with Gasteiger partial charge in [-0.25, -0.2) is 0 Å². The summed E-state index contributed by atoms with van der Waals surface area (Å²) in [4.78, 5) is 11.3. The lowest BCUT2D eigenvalue weighted by Gasteiger charge is -2.21. The Hall–Kier alpha value is -1.81. The minimum atomic E-state index is -0.688. The molecule has 0 aliphatic rings. The van der Waals surface area contributed by atoms with Crippen LogP contribution in [0.15, 0.2) is 36.9 Å². The summed E-state index contributed by atoms with van der Waals surface area (Å²) in [5.74, 6) is 0.417. The number of aliphatic hydroxyl groups excluding tert-OH is 1. The first-order valence-electron chi connectivity index (χ1n) is 5.33. The monoisotopic (exact) mass is 235 g/mol. The Balaban J connectivity index is 2.89. The van der Waals surface area contributed by atoms with Crippen molar-refractivity contribution < 1.29 is 14.6 Å². The average molecular weight is 235 g/mol. The van der Waals surface area contributed by atoms with Gasteiger partial charge in [0.1, 0.15) is 5.75 Å². The van der Waals surface area contributed by atoms with Crippen molar-refractivity contribution in [1.29, 1.82) is 0 Å². The van der Waals surface area contributed by atoms with Crippen molar-refractivity contribution in [3.8, 4) is 5.75 Å². The average Bonchev–Trinajstić information content (AvgIpc) is 2.35. The highest BCUT2D eigenvalue weighted by Crippen LogP contribution is 2.20. The highest BCUT2D eigenvalue weighted by atomic mass is 16.5. The third kappa shape index (κ3) is 3.60. The highest BCUT2D eigenvalue weighted by Gasteiger charge is 2.18. The molecule has 0 radical (unpaired) electrons. The van der Waals surface area contributed by atoms with Crippen LogP contribution in [0.4, 0.5) is 0 Å². The van der Waals surface area contributed by atoms with Gasteiger partial charge in [0, 0.05) is 0 Å². The van der Waals surface area contributed by atoms with Crippen LogP contribution in [0.3, 0.4) is 0 Å². The minimum absolute atomic E-state index is 0.313. The molecule has 4 nitrogen and oxygen atoms in total. The van der Waals surface area contributed by atoms with Crippen LogP contribution in [0.2, 0.25) is 0 Å². The van der Waals surface area contributed by atoms with Gasteiger partial charge in [0.15, 0.2) is 0 Å². The smallest absolute Gasteiger partial charge is 0.243 e. The molecule has 0 spiro atoms. The summed E-state index contributed by atoms with van der Waals surface area (Å²) in [5.41, 5.74) is 0.816. The van der Waals surface area contributed by atoms with E-state index in [0.29, 0.717) is 0 Å². The van der Waals surface area contributed by atoms with Crippen LogP contribution in [-0.2, 0) is 4.79 Å². The summed E-state index contributed by atoms with van der Waals surface area (Å²) in [5, 5.41) is 12.3. The summed E-state index contributed by atoms with van der Waals surface area (Å²) in [6.07, 6.45) is 0.492. The summed E-state index contributed by atoms with van der Waals surface area (Å²) in [6, 6.07) is 6.72. The van der Waals surface area contributed by atoms with Crippen molar-refractivity contribution in [2.24, 2.45) is 0 Å². The van der Waals surface area contributed by atoms with Gasteiger partial charge in [-0.1, -0.05) is 18.7 Å². The molecule has 0 saturated carbocycles. The zero-order valence-electron chi connectivity index (χ0n) is 10.0. The Kier molecular flexibility index (Phi) is 4.72. The number of carbonyl (C=O) groups excluding carboxylic acids is 1. The van der Waals surface area contributed by atoms with E-state index in [-0.39, 0.29) is 5.91 Å². The van der Waals surface area contributed by atoms with Crippen LogP contribution in [0.1, 0.15) is 18.5 Å². The van der Waals surface area contributed by atoms with Gasteiger partial charge in [0.25, 0.3) is 0 Å². The predicted molar refractivity (Wildman–Crippen MR) is 65.8 cm³/mol. The van der Waals surface area contributed by atoms with E-state index in [0.717, 1.165) is 11.3 Å². The van der Waals surface area contributed by atoms with Crippen molar-refractivity contribution >= 4 is 5.91 Å². The zero-order valence-corrected chi connectivity index (χ0v) is 10.0. The van der Waals surface area contributed by atoms with Gasteiger partial charge in [0.05, 0.1) is 19.3 Å².